The maximum atomic E-state index is 13.5. The van der Waals surface area contributed by atoms with E-state index in [1.165, 1.54) is 18.2 Å². The van der Waals surface area contributed by atoms with Gasteiger partial charge in [0.05, 0.1) is 5.56 Å². The lowest BCUT2D eigenvalue weighted by atomic mass is 10.2. The number of halogens is 3. The second-order valence-electron chi connectivity index (χ2n) is 4.12. The van der Waals surface area contributed by atoms with Crippen LogP contribution in [0, 0.1) is 29.3 Å². The molecule has 0 aliphatic heterocycles. The number of hydrogen-bond donors (Lipinski definition) is 1. The van der Waals surface area contributed by atoms with Crippen LogP contribution in [0.2, 0.25) is 0 Å². The molecule has 108 valence electrons. The molecule has 0 radical (unpaired) electrons. The van der Waals surface area contributed by atoms with Crippen molar-refractivity contribution in [3.8, 4) is 17.6 Å². The molecule has 0 aliphatic rings. The molecule has 21 heavy (non-hydrogen) atoms. The lowest BCUT2D eigenvalue weighted by molar-refractivity contribution is 0.297. The summed E-state index contributed by atoms with van der Waals surface area (Å²) in [5.74, 6) is 3.20. The third kappa shape index (κ3) is 4.01. The van der Waals surface area contributed by atoms with Crippen LogP contribution in [0.25, 0.3) is 0 Å². The molecule has 0 atom stereocenters. The van der Waals surface area contributed by atoms with Gasteiger partial charge in [-0.25, -0.2) is 13.2 Å². The topological polar surface area (TPSA) is 29.5 Å². The molecule has 2 nitrogen and oxygen atoms in total. The van der Waals surface area contributed by atoms with E-state index in [0.29, 0.717) is 5.56 Å². The van der Waals surface area contributed by atoms with E-state index in [1.54, 1.807) is 0 Å². The van der Waals surface area contributed by atoms with Crippen LogP contribution in [0.1, 0.15) is 11.1 Å². The Labute approximate surface area is 119 Å². The quantitative estimate of drug-likeness (QED) is 0.881. The molecule has 5 heteroatoms. The minimum Gasteiger partial charge on any atom is -0.487 e. The highest BCUT2D eigenvalue weighted by atomic mass is 19.1. The van der Waals surface area contributed by atoms with E-state index in [1.807, 2.05) is 0 Å². The Hall–Kier alpha value is -2.45. The minimum atomic E-state index is -0.741. The highest BCUT2D eigenvalue weighted by molar-refractivity contribution is 5.46. The van der Waals surface area contributed by atoms with Gasteiger partial charge < -0.3 is 9.84 Å². The number of ether oxygens (including phenoxy) is 1. The van der Waals surface area contributed by atoms with E-state index in [9.17, 15) is 13.2 Å². The molecule has 0 bridgehead atoms. The molecule has 0 amide bonds. The number of benzene rings is 2. The third-order valence-electron chi connectivity index (χ3n) is 2.64. The SMILES string of the molecule is OCC#Cc1ccc(F)cc1OCc1ccc(F)cc1F. The summed E-state index contributed by atoms with van der Waals surface area (Å²) in [5.41, 5.74) is 0.509. The summed E-state index contributed by atoms with van der Waals surface area (Å²) in [4.78, 5) is 0. The van der Waals surface area contributed by atoms with Gasteiger partial charge in [0.25, 0.3) is 0 Å². The van der Waals surface area contributed by atoms with E-state index in [0.717, 1.165) is 18.2 Å². The largest absolute Gasteiger partial charge is 0.487 e. The van der Waals surface area contributed by atoms with Gasteiger partial charge in [0.15, 0.2) is 0 Å². The van der Waals surface area contributed by atoms with Crippen molar-refractivity contribution in [2.24, 2.45) is 0 Å². The predicted octanol–water partition coefficient (Wildman–Crippen LogP) is 3.03. The maximum absolute atomic E-state index is 13.5. The zero-order valence-electron chi connectivity index (χ0n) is 10.9. The van der Waals surface area contributed by atoms with Crippen LogP contribution in [0.3, 0.4) is 0 Å². The first-order chi connectivity index (χ1) is 10.1. The Morgan fingerprint density at radius 1 is 1.00 bits per heavy atom. The summed E-state index contributed by atoms with van der Waals surface area (Å²) >= 11 is 0. The van der Waals surface area contributed by atoms with Crippen molar-refractivity contribution < 1.29 is 23.0 Å². The van der Waals surface area contributed by atoms with Crippen molar-refractivity contribution in [2.45, 2.75) is 6.61 Å². The Balaban J connectivity index is 2.20. The Morgan fingerprint density at radius 3 is 2.43 bits per heavy atom. The summed E-state index contributed by atoms with van der Waals surface area (Å²) in [6, 6.07) is 6.82. The minimum absolute atomic E-state index is 0.125. The van der Waals surface area contributed by atoms with E-state index in [4.69, 9.17) is 9.84 Å². The van der Waals surface area contributed by atoms with Gasteiger partial charge in [-0.1, -0.05) is 11.8 Å². The van der Waals surface area contributed by atoms with Crippen LogP contribution in [-0.4, -0.2) is 11.7 Å². The molecule has 1 N–H and O–H groups in total. The maximum Gasteiger partial charge on any atom is 0.138 e. The highest BCUT2D eigenvalue weighted by Crippen LogP contribution is 2.21. The number of aliphatic hydroxyl groups excluding tert-OH is 1. The van der Waals surface area contributed by atoms with Gasteiger partial charge >= 0.3 is 0 Å². The molecule has 0 aliphatic carbocycles. The second kappa shape index (κ2) is 6.82. The fourth-order valence-corrected chi connectivity index (χ4v) is 1.65. The molecule has 0 fully saturated rings. The predicted molar refractivity (Wildman–Crippen MR) is 71.1 cm³/mol. The molecule has 0 saturated heterocycles. The fraction of sp³-hybridized carbons (Fsp3) is 0.125. The van der Waals surface area contributed by atoms with Crippen LogP contribution in [0.4, 0.5) is 13.2 Å². The highest BCUT2D eigenvalue weighted by Gasteiger charge is 2.08. The van der Waals surface area contributed by atoms with Crippen LogP contribution in [-0.2, 0) is 6.61 Å². The Bertz CT molecular complexity index is 702. The number of rotatable bonds is 3. The van der Waals surface area contributed by atoms with Crippen molar-refractivity contribution in [3.63, 3.8) is 0 Å². The van der Waals surface area contributed by atoms with Crippen molar-refractivity contribution >= 4 is 0 Å². The smallest absolute Gasteiger partial charge is 0.138 e. The van der Waals surface area contributed by atoms with Gasteiger partial charge in [0.1, 0.15) is 36.4 Å². The normalized spacial score (nSPS) is 9.90. The van der Waals surface area contributed by atoms with E-state index in [-0.39, 0.29) is 24.5 Å². The molecular weight excluding hydrogens is 281 g/mol. The number of aliphatic hydroxyl groups is 1. The lowest BCUT2D eigenvalue weighted by Crippen LogP contribution is -2.01. The zero-order valence-corrected chi connectivity index (χ0v) is 10.9. The third-order valence-corrected chi connectivity index (χ3v) is 2.64. The molecule has 0 spiro atoms. The van der Waals surface area contributed by atoms with Crippen LogP contribution < -0.4 is 4.74 Å². The fourth-order valence-electron chi connectivity index (χ4n) is 1.65. The van der Waals surface area contributed by atoms with Gasteiger partial charge in [0, 0.05) is 17.7 Å². The van der Waals surface area contributed by atoms with E-state index < -0.39 is 17.5 Å². The van der Waals surface area contributed by atoms with E-state index >= 15 is 0 Å². The summed E-state index contributed by atoms with van der Waals surface area (Å²) in [5, 5.41) is 8.67. The summed E-state index contributed by atoms with van der Waals surface area (Å²) < 4.78 is 44.8. The zero-order chi connectivity index (χ0) is 15.2. The lowest BCUT2D eigenvalue weighted by Gasteiger charge is -2.09. The van der Waals surface area contributed by atoms with Crippen LogP contribution in [0.5, 0.6) is 5.75 Å². The van der Waals surface area contributed by atoms with Crippen LogP contribution >= 0.6 is 0 Å². The average Bonchev–Trinajstić information content (AvgIpc) is 2.45. The second-order valence-corrected chi connectivity index (χ2v) is 4.12. The Kier molecular flexibility index (Phi) is 4.85. The average molecular weight is 292 g/mol. The molecule has 2 aromatic rings. The monoisotopic (exact) mass is 292 g/mol. The van der Waals surface area contributed by atoms with Gasteiger partial charge in [0.2, 0.25) is 0 Å². The number of hydrogen-bond acceptors (Lipinski definition) is 2. The standard InChI is InChI=1S/C16H11F3O2/c17-13-6-4-12(15(19)8-13)10-21-16-9-14(18)5-3-11(16)2-1-7-20/h3-6,8-9,20H,7,10H2. The van der Waals surface area contributed by atoms with Crippen molar-refractivity contribution in [2.75, 3.05) is 6.61 Å². The summed E-state index contributed by atoms with van der Waals surface area (Å²) in [6.45, 7) is -0.535. The van der Waals surface area contributed by atoms with Crippen LogP contribution in [0.15, 0.2) is 36.4 Å². The van der Waals surface area contributed by atoms with E-state index in [2.05, 4.69) is 11.8 Å². The molecular formula is C16H11F3O2. The molecule has 2 aromatic carbocycles. The summed E-state index contributed by atoms with van der Waals surface area (Å²) in [7, 11) is 0. The Morgan fingerprint density at radius 2 is 1.71 bits per heavy atom. The summed E-state index contributed by atoms with van der Waals surface area (Å²) in [6.07, 6.45) is 0. The van der Waals surface area contributed by atoms with Crippen molar-refractivity contribution in [1.82, 2.24) is 0 Å². The van der Waals surface area contributed by atoms with Gasteiger partial charge in [-0.05, 0) is 24.3 Å². The van der Waals surface area contributed by atoms with Crippen molar-refractivity contribution in [1.29, 1.82) is 0 Å². The molecule has 0 saturated carbocycles. The van der Waals surface area contributed by atoms with Gasteiger partial charge in [-0.3, -0.25) is 0 Å². The molecule has 0 heterocycles. The van der Waals surface area contributed by atoms with Gasteiger partial charge in [-0.15, -0.1) is 0 Å². The first kappa shape index (κ1) is 14.9. The molecule has 2 rings (SSSR count). The first-order valence-corrected chi connectivity index (χ1v) is 6.06. The molecule has 0 aromatic heterocycles. The van der Waals surface area contributed by atoms with Crippen molar-refractivity contribution in [3.05, 3.63) is 65.0 Å². The first-order valence-electron chi connectivity index (χ1n) is 6.06. The van der Waals surface area contributed by atoms with Gasteiger partial charge in [-0.2, -0.15) is 0 Å². The molecule has 0 unspecified atom stereocenters.